The summed E-state index contributed by atoms with van der Waals surface area (Å²) >= 11 is 0. The van der Waals surface area contributed by atoms with Crippen molar-refractivity contribution < 1.29 is 45.0 Å². The fraction of sp³-hybridized carbons (Fsp3) is 0.786. The second kappa shape index (κ2) is 11.0. The van der Waals surface area contributed by atoms with Gasteiger partial charge in [0.25, 0.3) is 0 Å². The van der Waals surface area contributed by atoms with Crippen LogP contribution >= 0.6 is 0 Å². The van der Waals surface area contributed by atoms with Crippen molar-refractivity contribution >= 4 is 17.7 Å². The summed E-state index contributed by atoms with van der Waals surface area (Å²) in [5, 5.41) is 59.4. The van der Waals surface area contributed by atoms with Gasteiger partial charge in [0, 0.05) is 6.92 Å². The average molecular weight is 381 g/mol. The van der Waals surface area contributed by atoms with Gasteiger partial charge in [-0.2, -0.15) is 0 Å². The number of rotatable bonds is 12. The Morgan fingerprint density at radius 3 is 1.15 bits per heavy atom. The van der Waals surface area contributed by atoms with Gasteiger partial charge in [0.1, 0.15) is 24.2 Å². The first-order chi connectivity index (χ1) is 12.2. The van der Waals surface area contributed by atoms with Crippen LogP contribution in [0.4, 0.5) is 0 Å². The van der Waals surface area contributed by atoms with Crippen molar-refractivity contribution in [3.05, 3.63) is 0 Å². The molecule has 8 N–H and O–H groups in total. The van der Waals surface area contributed by atoms with Gasteiger partial charge in [0.2, 0.25) is 17.7 Å². The van der Waals surface area contributed by atoms with E-state index in [2.05, 4.69) is 10.6 Å². The lowest BCUT2D eigenvalue weighted by atomic mass is 10.0. The van der Waals surface area contributed by atoms with E-state index in [1.165, 1.54) is 0 Å². The van der Waals surface area contributed by atoms with E-state index in [1.54, 1.807) is 0 Å². The number of carbonyl (C=O) groups is 3. The van der Waals surface area contributed by atoms with Crippen LogP contribution in [0.3, 0.4) is 0 Å². The maximum absolute atomic E-state index is 12.0. The largest absolute Gasteiger partial charge is 0.394 e. The summed E-state index contributed by atoms with van der Waals surface area (Å²) in [4.78, 5) is 36.4. The van der Waals surface area contributed by atoms with Gasteiger partial charge in [-0.25, -0.2) is 0 Å². The first-order valence-electron chi connectivity index (χ1n) is 7.69. The smallest absolute Gasteiger partial charge is 0.240 e. The summed E-state index contributed by atoms with van der Waals surface area (Å²) in [5.41, 5.74) is -3.36. The molecule has 3 amide bonds. The maximum atomic E-state index is 12.0. The Balaban J connectivity index is 4.97. The highest BCUT2D eigenvalue weighted by molar-refractivity contribution is 5.88. The molecule has 0 aliphatic heterocycles. The van der Waals surface area contributed by atoms with Gasteiger partial charge in [0.05, 0.1) is 39.6 Å². The minimum Gasteiger partial charge on any atom is -0.394 e. The van der Waals surface area contributed by atoms with E-state index in [0.29, 0.717) is 0 Å². The van der Waals surface area contributed by atoms with Crippen molar-refractivity contribution in [2.24, 2.45) is 0 Å². The Labute approximate surface area is 150 Å². The molecule has 0 radical (unpaired) electrons. The Morgan fingerprint density at radius 1 is 0.692 bits per heavy atom. The van der Waals surface area contributed by atoms with Crippen LogP contribution in [0.15, 0.2) is 0 Å². The van der Waals surface area contributed by atoms with Gasteiger partial charge < -0.3 is 46.2 Å². The van der Waals surface area contributed by atoms with E-state index in [-0.39, 0.29) is 0 Å². The molecule has 0 spiro atoms. The summed E-state index contributed by atoms with van der Waals surface area (Å²) in [6, 6.07) is 0. The minimum absolute atomic E-state index is 0.616. The fourth-order valence-electron chi connectivity index (χ4n) is 1.83. The molecule has 0 aliphatic rings. The zero-order valence-electron chi connectivity index (χ0n) is 14.5. The summed E-state index contributed by atoms with van der Waals surface area (Å²) < 4.78 is 0. The van der Waals surface area contributed by atoms with Crippen LogP contribution in [0, 0.1) is 0 Å². The van der Waals surface area contributed by atoms with Crippen LogP contribution in [-0.2, 0) is 14.4 Å². The van der Waals surface area contributed by atoms with Gasteiger partial charge in [-0.1, -0.05) is 0 Å². The van der Waals surface area contributed by atoms with Gasteiger partial charge in [0.15, 0.2) is 0 Å². The number of hydrogen-bond donors (Lipinski definition) is 8. The molecule has 0 saturated carbocycles. The molecular formula is C14H27N3O9. The first-order valence-corrected chi connectivity index (χ1v) is 7.69. The number of hydrogen-bond acceptors (Lipinski definition) is 9. The van der Waals surface area contributed by atoms with Gasteiger partial charge in [-0.15, -0.1) is 0 Å². The number of carbonyl (C=O) groups excluding carboxylic acids is 3. The van der Waals surface area contributed by atoms with E-state index in [9.17, 15) is 45.0 Å². The number of nitrogens with one attached hydrogen (secondary N) is 2. The van der Waals surface area contributed by atoms with Gasteiger partial charge in [-0.05, 0) is 0 Å². The van der Waals surface area contributed by atoms with Crippen LogP contribution in [0.25, 0.3) is 0 Å². The van der Waals surface area contributed by atoms with E-state index < -0.39 is 81.5 Å². The Morgan fingerprint density at radius 2 is 0.962 bits per heavy atom. The predicted octanol–water partition coefficient (Wildman–Crippen LogP) is -5.50. The molecule has 12 heteroatoms. The van der Waals surface area contributed by atoms with E-state index in [1.807, 2.05) is 0 Å². The lowest BCUT2D eigenvalue weighted by Crippen LogP contribution is -2.60. The number of amides is 3. The molecule has 0 heterocycles. The number of aliphatic hydroxyl groups excluding tert-OH is 6. The predicted molar refractivity (Wildman–Crippen MR) is 86.5 cm³/mol. The Kier molecular flexibility index (Phi) is 10.2. The zero-order valence-corrected chi connectivity index (χ0v) is 14.5. The minimum atomic E-state index is -1.68. The molecule has 0 aliphatic carbocycles. The molecule has 26 heavy (non-hydrogen) atoms. The SMILES string of the molecule is CC(=O)N(CC(=O)NC(CO)(CO)CO)CC(=O)NC(CO)(CO)CO. The van der Waals surface area contributed by atoms with Crippen molar-refractivity contribution in [2.75, 3.05) is 52.7 Å². The molecule has 12 nitrogen and oxygen atoms in total. The zero-order chi connectivity index (χ0) is 20.4. The monoisotopic (exact) mass is 381 g/mol. The Bertz CT molecular complexity index is 426. The summed E-state index contributed by atoms with van der Waals surface area (Å²) in [6.07, 6.45) is 0. The molecule has 0 atom stereocenters. The lowest BCUT2D eigenvalue weighted by molar-refractivity contribution is -0.140. The summed E-state index contributed by atoms with van der Waals surface area (Å²) in [7, 11) is 0. The van der Waals surface area contributed by atoms with Crippen LogP contribution in [0.5, 0.6) is 0 Å². The maximum Gasteiger partial charge on any atom is 0.240 e. The molecule has 0 unspecified atom stereocenters. The Hall–Kier alpha value is -1.83. The standard InChI is InChI=1S/C14H27N3O9/c1-10(24)17(2-11(25)15-13(4-18,5-19)6-20)3-12(26)16-14(7-21,8-22)9-23/h18-23H,2-9H2,1H3,(H,15,25)(H,16,26). The average Bonchev–Trinajstić information content (AvgIpc) is 2.63. The second-order valence-electron chi connectivity index (χ2n) is 5.98. The molecule has 152 valence electrons. The van der Waals surface area contributed by atoms with Crippen LogP contribution in [-0.4, -0.2) is 117 Å². The van der Waals surface area contributed by atoms with E-state index >= 15 is 0 Å². The van der Waals surface area contributed by atoms with Crippen molar-refractivity contribution in [1.82, 2.24) is 15.5 Å². The van der Waals surface area contributed by atoms with Crippen molar-refractivity contribution in [1.29, 1.82) is 0 Å². The van der Waals surface area contributed by atoms with Crippen LogP contribution in [0.2, 0.25) is 0 Å². The topological polar surface area (TPSA) is 200 Å². The highest BCUT2D eigenvalue weighted by atomic mass is 16.3. The molecule has 0 aromatic heterocycles. The first kappa shape index (κ1) is 24.2. The fourth-order valence-corrected chi connectivity index (χ4v) is 1.83. The molecule has 0 rings (SSSR count). The third-order valence-electron chi connectivity index (χ3n) is 3.74. The third-order valence-corrected chi connectivity index (χ3v) is 3.74. The summed E-state index contributed by atoms with van der Waals surface area (Å²) in [6.45, 7) is -4.65. The highest BCUT2D eigenvalue weighted by Gasteiger charge is 2.33. The molecule has 0 aromatic carbocycles. The third kappa shape index (κ3) is 6.82. The van der Waals surface area contributed by atoms with Crippen LogP contribution < -0.4 is 10.6 Å². The molecule has 0 saturated heterocycles. The van der Waals surface area contributed by atoms with E-state index in [4.69, 9.17) is 0 Å². The van der Waals surface area contributed by atoms with Crippen molar-refractivity contribution in [3.8, 4) is 0 Å². The second-order valence-corrected chi connectivity index (χ2v) is 5.98. The van der Waals surface area contributed by atoms with Gasteiger partial charge in [-0.3, -0.25) is 14.4 Å². The van der Waals surface area contributed by atoms with E-state index in [0.717, 1.165) is 11.8 Å². The number of aliphatic hydroxyl groups is 6. The van der Waals surface area contributed by atoms with Crippen molar-refractivity contribution in [3.63, 3.8) is 0 Å². The normalized spacial score (nSPS) is 11.8. The van der Waals surface area contributed by atoms with Crippen LogP contribution in [0.1, 0.15) is 6.92 Å². The quantitative estimate of drug-likeness (QED) is 0.162. The molecular weight excluding hydrogens is 354 g/mol. The summed E-state index contributed by atoms with van der Waals surface area (Å²) in [5.74, 6) is -2.34. The highest BCUT2D eigenvalue weighted by Crippen LogP contribution is 2.04. The number of nitrogens with zero attached hydrogens (tertiary/aromatic N) is 1. The van der Waals surface area contributed by atoms with Gasteiger partial charge >= 0.3 is 0 Å². The molecule has 0 bridgehead atoms. The van der Waals surface area contributed by atoms with Crippen molar-refractivity contribution in [2.45, 2.75) is 18.0 Å². The molecule has 0 fully saturated rings. The molecule has 0 aromatic rings. The lowest BCUT2D eigenvalue weighted by Gasteiger charge is -2.31.